The molecule has 1 atom stereocenters. The van der Waals surface area contributed by atoms with Crippen LogP contribution in [0.1, 0.15) is 18.3 Å². The molecule has 102 valence electrons. The third kappa shape index (κ3) is 2.47. The molecule has 1 heterocycles. The predicted octanol–water partition coefficient (Wildman–Crippen LogP) is 0.869. The van der Waals surface area contributed by atoms with Gasteiger partial charge in [-0.3, -0.25) is 4.68 Å². The van der Waals surface area contributed by atoms with E-state index in [4.69, 9.17) is 10.8 Å². The van der Waals surface area contributed by atoms with Crippen molar-refractivity contribution in [3.05, 3.63) is 17.5 Å². The van der Waals surface area contributed by atoms with E-state index in [9.17, 15) is 18.0 Å². The summed E-state index contributed by atoms with van der Waals surface area (Å²) in [6.07, 6.45) is -5.34. The van der Waals surface area contributed by atoms with E-state index >= 15 is 0 Å². The zero-order valence-electron chi connectivity index (χ0n) is 9.95. The van der Waals surface area contributed by atoms with E-state index in [0.29, 0.717) is 12.1 Å². The summed E-state index contributed by atoms with van der Waals surface area (Å²) in [5.41, 5.74) is 2.42. The maximum atomic E-state index is 12.7. The SMILES string of the molecule is CCc1cc(CC(N)(C(=O)O)C(F)(F)F)n(C)n1. The van der Waals surface area contributed by atoms with Gasteiger partial charge in [-0.15, -0.1) is 0 Å². The Labute approximate surface area is 101 Å². The number of aliphatic carboxylic acids is 1. The van der Waals surface area contributed by atoms with Crippen LogP contribution in [-0.4, -0.2) is 32.6 Å². The first-order chi connectivity index (χ1) is 8.11. The van der Waals surface area contributed by atoms with Crippen LogP contribution < -0.4 is 5.73 Å². The van der Waals surface area contributed by atoms with Crippen LogP contribution in [0.3, 0.4) is 0 Å². The number of rotatable bonds is 4. The predicted molar refractivity (Wildman–Crippen MR) is 56.9 cm³/mol. The Morgan fingerprint density at radius 1 is 1.56 bits per heavy atom. The van der Waals surface area contributed by atoms with Crippen molar-refractivity contribution >= 4 is 5.97 Å². The molecule has 8 heteroatoms. The number of hydrogen-bond donors (Lipinski definition) is 2. The molecule has 0 aliphatic heterocycles. The number of carboxylic acids is 1. The minimum absolute atomic E-state index is 0.133. The van der Waals surface area contributed by atoms with Crippen molar-refractivity contribution in [2.45, 2.75) is 31.5 Å². The summed E-state index contributed by atoms with van der Waals surface area (Å²) in [6, 6.07) is 1.43. The quantitative estimate of drug-likeness (QED) is 0.846. The molecule has 18 heavy (non-hydrogen) atoms. The summed E-state index contributed by atoms with van der Waals surface area (Å²) in [4.78, 5) is 10.8. The third-order valence-corrected chi connectivity index (χ3v) is 2.74. The van der Waals surface area contributed by atoms with Crippen LogP contribution in [0.2, 0.25) is 0 Å². The van der Waals surface area contributed by atoms with Gasteiger partial charge in [0.2, 0.25) is 5.54 Å². The molecular weight excluding hydrogens is 251 g/mol. The number of carbonyl (C=O) groups is 1. The van der Waals surface area contributed by atoms with Crippen LogP contribution in [0.25, 0.3) is 0 Å². The Balaban J connectivity index is 3.12. The second kappa shape index (κ2) is 4.60. The zero-order valence-corrected chi connectivity index (χ0v) is 9.95. The van der Waals surface area contributed by atoms with Crippen LogP contribution in [0.4, 0.5) is 13.2 Å². The molecule has 3 N–H and O–H groups in total. The van der Waals surface area contributed by atoms with E-state index in [2.05, 4.69) is 5.10 Å². The van der Waals surface area contributed by atoms with E-state index in [-0.39, 0.29) is 5.69 Å². The smallest absolute Gasteiger partial charge is 0.417 e. The Kier molecular flexibility index (Phi) is 3.70. The summed E-state index contributed by atoms with van der Waals surface area (Å²) >= 11 is 0. The van der Waals surface area contributed by atoms with Crippen LogP contribution in [0.5, 0.6) is 0 Å². The number of aryl methyl sites for hydroxylation is 2. The van der Waals surface area contributed by atoms with E-state index in [0.717, 1.165) is 0 Å². The van der Waals surface area contributed by atoms with Crippen LogP contribution in [-0.2, 0) is 24.7 Å². The van der Waals surface area contributed by atoms with Crippen molar-refractivity contribution in [3.63, 3.8) is 0 Å². The Morgan fingerprint density at radius 2 is 2.11 bits per heavy atom. The number of halogens is 3. The lowest BCUT2D eigenvalue weighted by Crippen LogP contribution is -2.61. The standard InChI is InChI=1S/C10H14F3N3O2/c1-3-6-4-7(16(2)15-6)5-9(14,8(17)18)10(11,12)13/h4H,3,5,14H2,1-2H3,(H,17,18). The number of nitrogens with zero attached hydrogens (tertiary/aromatic N) is 2. The number of alkyl halides is 3. The minimum atomic E-state index is -5.03. The fraction of sp³-hybridized carbons (Fsp3) is 0.600. The van der Waals surface area contributed by atoms with Crippen molar-refractivity contribution in [3.8, 4) is 0 Å². The molecule has 1 aromatic heterocycles. The molecular formula is C10H14F3N3O2. The highest BCUT2D eigenvalue weighted by atomic mass is 19.4. The van der Waals surface area contributed by atoms with Crippen molar-refractivity contribution in [2.24, 2.45) is 12.8 Å². The Hall–Kier alpha value is -1.57. The van der Waals surface area contributed by atoms with Crippen molar-refractivity contribution < 1.29 is 23.1 Å². The van der Waals surface area contributed by atoms with Crippen molar-refractivity contribution in [1.82, 2.24) is 9.78 Å². The van der Waals surface area contributed by atoms with Crippen molar-refractivity contribution in [1.29, 1.82) is 0 Å². The molecule has 1 aromatic rings. The average Bonchev–Trinajstić information content (AvgIpc) is 2.57. The van der Waals surface area contributed by atoms with E-state index < -0.39 is 24.1 Å². The van der Waals surface area contributed by atoms with Crippen molar-refractivity contribution in [2.75, 3.05) is 0 Å². The highest BCUT2D eigenvalue weighted by Gasteiger charge is 2.58. The highest BCUT2D eigenvalue weighted by molar-refractivity contribution is 5.80. The molecule has 0 saturated carbocycles. The summed E-state index contributed by atoms with van der Waals surface area (Å²) in [5.74, 6) is -2.10. The van der Waals surface area contributed by atoms with Gasteiger partial charge in [0.05, 0.1) is 5.69 Å². The van der Waals surface area contributed by atoms with Gasteiger partial charge in [-0.25, -0.2) is 4.79 Å². The number of aromatic nitrogens is 2. The normalized spacial score (nSPS) is 15.4. The van der Waals surface area contributed by atoms with Gasteiger partial charge < -0.3 is 10.8 Å². The Bertz CT molecular complexity index is 456. The molecule has 0 saturated heterocycles. The molecule has 0 aliphatic rings. The molecule has 1 unspecified atom stereocenters. The van der Waals surface area contributed by atoms with Gasteiger partial charge >= 0.3 is 12.1 Å². The summed E-state index contributed by atoms with van der Waals surface area (Å²) in [6.45, 7) is 1.79. The largest absolute Gasteiger partial charge is 0.480 e. The van der Waals surface area contributed by atoms with Gasteiger partial charge in [0.25, 0.3) is 0 Å². The maximum absolute atomic E-state index is 12.7. The second-order valence-electron chi connectivity index (χ2n) is 4.06. The summed E-state index contributed by atoms with van der Waals surface area (Å²) < 4.78 is 39.4. The zero-order chi connectivity index (χ0) is 14.1. The summed E-state index contributed by atoms with van der Waals surface area (Å²) in [5, 5.41) is 12.7. The monoisotopic (exact) mass is 265 g/mol. The van der Waals surface area contributed by atoms with Gasteiger partial charge in [-0.2, -0.15) is 18.3 Å². The van der Waals surface area contributed by atoms with Gasteiger partial charge in [-0.1, -0.05) is 6.92 Å². The number of hydrogen-bond acceptors (Lipinski definition) is 3. The van der Waals surface area contributed by atoms with Gasteiger partial charge in [0, 0.05) is 19.2 Å². The Morgan fingerprint density at radius 3 is 2.44 bits per heavy atom. The molecule has 0 bridgehead atoms. The highest BCUT2D eigenvalue weighted by Crippen LogP contribution is 2.31. The van der Waals surface area contributed by atoms with E-state index in [1.807, 2.05) is 0 Å². The lowest BCUT2D eigenvalue weighted by atomic mass is 9.93. The van der Waals surface area contributed by atoms with Crippen LogP contribution >= 0.6 is 0 Å². The van der Waals surface area contributed by atoms with Crippen LogP contribution in [0, 0.1) is 0 Å². The minimum Gasteiger partial charge on any atom is -0.480 e. The van der Waals surface area contributed by atoms with Crippen LogP contribution in [0.15, 0.2) is 6.07 Å². The fourth-order valence-electron chi connectivity index (χ4n) is 1.49. The fourth-order valence-corrected chi connectivity index (χ4v) is 1.49. The first kappa shape index (κ1) is 14.5. The molecule has 0 aromatic carbocycles. The maximum Gasteiger partial charge on any atom is 0.417 e. The molecule has 0 fully saturated rings. The lowest BCUT2D eigenvalue weighted by Gasteiger charge is -2.27. The van der Waals surface area contributed by atoms with Gasteiger partial charge in [-0.05, 0) is 12.5 Å². The van der Waals surface area contributed by atoms with Gasteiger partial charge in [0.15, 0.2) is 0 Å². The second-order valence-corrected chi connectivity index (χ2v) is 4.06. The topological polar surface area (TPSA) is 81.1 Å². The first-order valence-corrected chi connectivity index (χ1v) is 5.22. The summed E-state index contributed by atoms with van der Waals surface area (Å²) in [7, 11) is 1.45. The molecule has 0 radical (unpaired) electrons. The average molecular weight is 265 g/mol. The van der Waals surface area contributed by atoms with E-state index in [1.165, 1.54) is 17.8 Å². The molecule has 0 amide bonds. The molecule has 0 spiro atoms. The lowest BCUT2D eigenvalue weighted by molar-refractivity contribution is -0.201. The molecule has 5 nitrogen and oxygen atoms in total. The molecule has 0 aliphatic carbocycles. The number of nitrogens with two attached hydrogens (primary N) is 1. The third-order valence-electron chi connectivity index (χ3n) is 2.74. The first-order valence-electron chi connectivity index (χ1n) is 5.22. The number of carboxylic acid groups (broad SMARTS) is 1. The van der Waals surface area contributed by atoms with Gasteiger partial charge in [0.1, 0.15) is 0 Å². The van der Waals surface area contributed by atoms with E-state index in [1.54, 1.807) is 6.92 Å². The molecule has 1 rings (SSSR count).